The molecule has 1 aromatic rings. The third-order valence-corrected chi connectivity index (χ3v) is 1.97. The largest absolute Gasteiger partial charge is 0.489 e. The Morgan fingerprint density at radius 2 is 2.31 bits per heavy atom. The first kappa shape index (κ1) is 12.2. The Morgan fingerprint density at radius 1 is 1.69 bits per heavy atom. The molecule has 0 unspecified atom stereocenters. The summed E-state index contributed by atoms with van der Waals surface area (Å²) in [5.74, 6) is -0.933. The van der Waals surface area contributed by atoms with Gasteiger partial charge in [-0.25, -0.2) is 8.78 Å². The van der Waals surface area contributed by atoms with E-state index in [2.05, 4.69) is 4.98 Å². The van der Waals surface area contributed by atoms with Gasteiger partial charge in [0.1, 0.15) is 6.20 Å². The normalized spacial score (nSPS) is 10.6. The molecule has 0 aliphatic carbocycles. The van der Waals surface area contributed by atoms with Gasteiger partial charge in [0, 0.05) is 12.1 Å². The molecule has 1 aromatic heterocycles. The van der Waals surface area contributed by atoms with Gasteiger partial charge in [0.15, 0.2) is 0 Å². The van der Waals surface area contributed by atoms with Gasteiger partial charge in [-0.05, 0) is 9.91 Å². The van der Waals surface area contributed by atoms with Gasteiger partial charge in [0.25, 0.3) is 6.43 Å². The molecule has 0 saturated heterocycles. The number of ether oxygens (including phenoxy) is 1. The predicted octanol–water partition coefficient (Wildman–Crippen LogP) is 1.39. The van der Waals surface area contributed by atoms with Gasteiger partial charge >= 0.3 is 5.82 Å². The summed E-state index contributed by atoms with van der Waals surface area (Å²) in [6.07, 6.45) is -2.06. The van der Waals surface area contributed by atoms with E-state index in [0.717, 1.165) is 13.3 Å². The van der Waals surface area contributed by atoms with Gasteiger partial charge in [-0.2, -0.15) is 0 Å². The van der Waals surface area contributed by atoms with Crippen LogP contribution in [-0.2, 0) is 6.54 Å². The SMILES string of the molecule is COc1c([N+](=O)[O-])ncc(C(F)F)c1CN. The topological polar surface area (TPSA) is 91.3 Å². The molecule has 0 atom stereocenters. The third kappa shape index (κ3) is 2.06. The molecule has 16 heavy (non-hydrogen) atoms. The highest BCUT2D eigenvalue weighted by atomic mass is 19.3. The van der Waals surface area contributed by atoms with Crippen LogP contribution in [0, 0.1) is 10.1 Å². The Bertz CT molecular complexity index is 412. The van der Waals surface area contributed by atoms with E-state index in [1.807, 2.05) is 0 Å². The molecule has 0 saturated carbocycles. The average Bonchev–Trinajstić information content (AvgIpc) is 2.26. The Kier molecular flexibility index (Phi) is 3.67. The van der Waals surface area contributed by atoms with Gasteiger partial charge in [0.2, 0.25) is 5.75 Å². The number of hydrogen-bond acceptors (Lipinski definition) is 5. The minimum Gasteiger partial charge on any atom is -0.489 e. The number of halogens is 2. The van der Waals surface area contributed by atoms with Crippen molar-refractivity contribution in [2.75, 3.05) is 7.11 Å². The quantitative estimate of drug-likeness (QED) is 0.626. The molecule has 0 aliphatic heterocycles. The van der Waals surface area contributed by atoms with Crippen LogP contribution in [0.1, 0.15) is 17.6 Å². The summed E-state index contributed by atoms with van der Waals surface area (Å²) in [5.41, 5.74) is 4.72. The monoisotopic (exact) mass is 233 g/mol. The Labute approximate surface area is 89.2 Å². The van der Waals surface area contributed by atoms with Crippen LogP contribution in [0.15, 0.2) is 6.20 Å². The van der Waals surface area contributed by atoms with Crippen LogP contribution in [0.4, 0.5) is 14.6 Å². The lowest BCUT2D eigenvalue weighted by Gasteiger charge is -2.10. The van der Waals surface area contributed by atoms with E-state index in [1.165, 1.54) is 0 Å². The number of pyridine rings is 1. The Balaban J connectivity index is 3.46. The number of nitro groups is 1. The smallest absolute Gasteiger partial charge is 0.406 e. The number of methoxy groups -OCH3 is 1. The molecule has 1 heterocycles. The van der Waals surface area contributed by atoms with Gasteiger partial charge in [-0.1, -0.05) is 0 Å². The molecule has 88 valence electrons. The zero-order chi connectivity index (χ0) is 12.3. The summed E-state index contributed by atoms with van der Waals surface area (Å²) in [6, 6.07) is 0. The number of nitrogens with two attached hydrogens (primary N) is 1. The van der Waals surface area contributed by atoms with Gasteiger partial charge in [-0.15, -0.1) is 0 Å². The van der Waals surface area contributed by atoms with E-state index in [4.69, 9.17) is 10.5 Å². The molecular weight excluding hydrogens is 224 g/mol. The van der Waals surface area contributed by atoms with Crippen LogP contribution in [-0.4, -0.2) is 17.0 Å². The van der Waals surface area contributed by atoms with Gasteiger partial charge in [0.05, 0.1) is 12.7 Å². The van der Waals surface area contributed by atoms with Crippen molar-refractivity contribution in [1.29, 1.82) is 0 Å². The van der Waals surface area contributed by atoms with E-state index in [0.29, 0.717) is 0 Å². The van der Waals surface area contributed by atoms with E-state index < -0.39 is 22.7 Å². The molecule has 6 nitrogen and oxygen atoms in total. The van der Waals surface area contributed by atoms with Crippen molar-refractivity contribution in [3.63, 3.8) is 0 Å². The molecule has 0 aromatic carbocycles. The Hall–Kier alpha value is -1.83. The lowest BCUT2D eigenvalue weighted by molar-refractivity contribution is -0.390. The number of nitrogens with zero attached hydrogens (tertiary/aromatic N) is 2. The summed E-state index contributed by atoms with van der Waals surface area (Å²) in [5, 5.41) is 10.6. The summed E-state index contributed by atoms with van der Waals surface area (Å²) in [4.78, 5) is 13.1. The second-order valence-electron chi connectivity index (χ2n) is 2.81. The maximum Gasteiger partial charge on any atom is 0.406 e. The number of alkyl halides is 2. The fourth-order valence-corrected chi connectivity index (χ4v) is 1.28. The number of aromatic nitrogens is 1. The first-order valence-corrected chi connectivity index (χ1v) is 4.21. The highest BCUT2D eigenvalue weighted by Crippen LogP contribution is 2.34. The van der Waals surface area contributed by atoms with Gasteiger partial charge < -0.3 is 20.6 Å². The average molecular weight is 233 g/mol. The van der Waals surface area contributed by atoms with Crippen molar-refractivity contribution in [2.24, 2.45) is 5.73 Å². The van der Waals surface area contributed by atoms with Crippen molar-refractivity contribution in [3.05, 3.63) is 27.4 Å². The van der Waals surface area contributed by atoms with Crippen LogP contribution in [0.3, 0.4) is 0 Å². The second kappa shape index (κ2) is 4.79. The first-order chi connectivity index (χ1) is 7.52. The molecule has 8 heteroatoms. The number of rotatable bonds is 4. The van der Waals surface area contributed by atoms with Crippen LogP contribution in [0.2, 0.25) is 0 Å². The molecule has 0 bridgehead atoms. The van der Waals surface area contributed by atoms with E-state index in [-0.39, 0.29) is 17.9 Å². The van der Waals surface area contributed by atoms with Crippen molar-refractivity contribution >= 4 is 5.82 Å². The minimum atomic E-state index is -2.80. The van der Waals surface area contributed by atoms with Crippen LogP contribution < -0.4 is 10.5 Å². The molecule has 0 radical (unpaired) electrons. The zero-order valence-electron chi connectivity index (χ0n) is 8.31. The summed E-state index contributed by atoms with van der Waals surface area (Å²) < 4.78 is 29.8. The third-order valence-electron chi connectivity index (χ3n) is 1.97. The molecule has 1 rings (SSSR count). The second-order valence-corrected chi connectivity index (χ2v) is 2.81. The van der Waals surface area contributed by atoms with E-state index in [9.17, 15) is 18.9 Å². The lowest BCUT2D eigenvalue weighted by Crippen LogP contribution is -2.08. The lowest BCUT2D eigenvalue weighted by atomic mass is 10.1. The molecule has 0 spiro atoms. The number of hydrogen-bond donors (Lipinski definition) is 1. The highest BCUT2D eigenvalue weighted by Gasteiger charge is 2.26. The summed E-state index contributed by atoms with van der Waals surface area (Å²) in [7, 11) is 1.14. The predicted molar refractivity (Wildman–Crippen MR) is 50.3 cm³/mol. The molecule has 0 aliphatic rings. The summed E-state index contributed by atoms with van der Waals surface area (Å²) >= 11 is 0. The van der Waals surface area contributed by atoms with Crippen molar-refractivity contribution in [3.8, 4) is 5.75 Å². The maximum atomic E-state index is 12.5. The fraction of sp³-hybridized carbons (Fsp3) is 0.375. The summed E-state index contributed by atoms with van der Waals surface area (Å²) in [6.45, 7) is -0.286. The highest BCUT2D eigenvalue weighted by molar-refractivity contribution is 5.50. The molecule has 0 fully saturated rings. The molecular formula is C8H9F2N3O3. The van der Waals surface area contributed by atoms with Crippen molar-refractivity contribution in [2.45, 2.75) is 13.0 Å². The zero-order valence-corrected chi connectivity index (χ0v) is 8.31. The van der Waals surface area contributed by atoms with Crippen LogP contribution in [0.5, 0.6) is 5.75 Å². The van der Waals surface area contributed by atoms with Crippen LogP contribution in [0.25, 0.3) is 0 Å². The van der Waals surface area contributed by atoms with Gasteiger partial charge in [-0.3, -0.25) is 0 Å². The standard InChI is InChI=1S/C8H9F2N3O3/c1-16-6-4(2-11)5(7(9)10)3-12-8(6)13(14)15/h3,7H,2,11H2,1H3. The minimum absolute atomic E-state index is 0.0980. The maximum absolute atomic E-state index is 12.5. The fourth-order valence-electron chi connectivity index (χ4n) is 1.28. The molecule has 0 amide bonds. The first-order valence-electron chi connectivity index (χ1n) is 4.21. The van der Waals surface area contributed by atoms with E-state index >= 15 is 0 Å². The van der Waals surface area contributed by atoms with Crippen molar-refractivity contribution < 1.29 is 18.4 Å². The van der Waals surface area contributed by atoms with E-state index in [1.54, 1.807) is 0 Å². The van der Waals surface area contributed by atoms with Crippen LogP contribution >= 0.6 is 0 Å². The molecule has 2 N–H and O–H groups in total. The Morgan fingerprint density at radius 3 is 2.69 bits per heavy atom. The van der Waals surface area contributed by atoms with Crippen molar-refractivity contribution in [1.82, 2.24) is 4.98 Å².